The van der Waals surface area contributed by atoms with Crippen LogP contribution in [0.5, 0.6) is 0 Å². The first kappa shape index (κ1) is 15.4. The van der Waals surface area contributed by atoms with Crippen molar-refractivity contribution >= 4 is 27.6 Å². The molecule has 0 aromatic heterocycles. The predicted molar refractivity (Wildman–Crippen MR) is 111 cm³/mol. The first-order valence-corrected chi connectivity index (χ1v) is 8.58. The van der Waals surface area contributed by atoms with Crippen molar-refractivity contribution in [2.45, 2.75) is 6.42 Å². The Morgan fingerprint density at radius 1 is 0.680 bits per heavy atom. The van der Waals surface area contributed by atoms with E-state index in [9.17, 15) is 0 Å². The highest BCUT2D eigenvalue weighted by molar-refractivity contribution is 5.93. The lowest BCUT2D eigenvalue weighted by atomic mass is 9.96. The summed E-state index contributed by atoms with van der Waals surface area (Å²) in [4.78, 5) is 0. The SMILES string of the molecule is C=CCc1cccc2cc(-c3ccc4cc(C=C)ccc4c3)ccc12. The summed E-state index contributed by atoms with van der Waals surface area (Å²) in [6.07, 6.45) is 4.75. The number of hydrogen-bond donors (Lipinski definition) is 0. The van der Waals surface area contributed by atoms with E-state index in [4.69, 9.17) is 0 Å². The Labute approximate surface area is 148 Å². The summed E-state index contributed by atoms with van der Waals surface area (Å²) in [7, 11) is 0. The molecule has 0 aliphatic heterocycles. The van der Waals surface area contributed by atoms with Crippen molar-refractivity contribution in [2.24, 2.45) is 0 Å². The van der Waals surface area contributed by atoms with E-state index >= 15 is 0 Å². The average Bonchev–Trinajstić information content (AvgIpc) is 2.67. The first-order valence-electron chi connectivity index (χ1n) is 8.58. The monoisotopic (exact) mass is 320 g/mol. The number of benzene rings is 4. The Balaban J connectivity index is 1.82. The molecule has 0 N–H and O–H groups in total. The number of fused-ring (bicyclic) bond motifs is 2. The summed E-state index contributed by atoms with van der Waals surface area (Å²) in [5, 5.41) is 5.08. The minimum atomic E-state index is 0.901. The molecule has 0 amide bonds. The van der Waals surface area contributed by atoms with Gasteiger partial charge in [0.25, 0.3) is 0 Å². The Morgan fingerprint density at radius 2 is 1.40 bits per heavy atom. The minimum Gasteiger partial charge on any atom is -0.103 e. The fraction of sp³-hybridized carbons (Fsp3) is 0.0400. The summed E-state index contributed by atoms with van der Waals surface area (Å²) in [6, 6.07) is 26.3. The summed E-state index contributed by atoms with van der Waals surface area (Å²) in [5.74, 6) is 0. The van der Waals surface area contributed by atoms with Crippen molar-refractivity contribution in [2.75, 3.05) is 0 Å². The van der Waals surface area contributed by atoms with Crippen molar-refractivity contribution in [3.05, 3.63) is 103 Å². The molecule has 0 unspecified atom stereocenters. The van der Waals surface area contributed by atoms with Crippen LogP contribution in [-0.2, 0) is 6.42 Å². The van der Waals surface area contributed by atoms with Gasteiger partial charge in [-0.3, -0.25) is 0 Å². The second-order valence-corrected chi connectivity index (χ2v) is 6.37. The van der Waals surface area contributed by atoms with E-state index in [1.807, 2.05) is 12.2 Å². The molecule has 0 heteroatoms. The molecule has 0 aliphatic rings. The smallest absolute Gasteiger partial charge is 0.00940 e. The molecule has 0 heterocycles. The highest BCUT2D eigenvalue weighted by atomic mass is 14.1. The summed E-state index contributed by atoms with van der Waals surface area (Å²) < 4.78 is 0. The maximum absolute atomic E-state index is 3.86. The molecule has 4 aromatic rings. The molecule has 25 heavy (non-hydrogen) atoms. The number of hydrogen-bond acceptors (Lipinski definition) is 0. The van der Waals surface area contributed by atoms with Crippen molar-refractivity contribution in [1.29, 1.82) is 0 Å². The van der Waals surface area contributed by atoms with Gasteiger partial charge in [-0.15, -0.1) is 6.58 Å². The van der Waals surface area contributed by atoms with Crippen LogP contribution in [0.15, 0.2) is 92.0 Å². The molecule has 120 valence electrons. The molecule has 0 spiro atoms. The lowest BCUT2D eigenvalue weighted by Crippen LogP contribution is -1.86. The fourth-order valence-electron chi connectivity index (χ4n) is 3.43. The van der Waals surface area contributed by atoms with E-state index in [-0.39, 0.29) is 0 Å². The number of allylic oxidation sites excluding steroid dienone is 1. The molecule has 4 aromatic carbocycles. The second kappa shape index (κ2) is 6.41. The van der Waals surface area contributed by atoms with Gasteiger partial charge in [0.1, 0.15) is 0 Å². The highest BCUT2D eigenvalue weighted by Gasteiger charge is 2.04. The Kier molecular flexibility index (Phi) is 3.95. The van der Waals surface area contributed by atoms with E-state index in [0.717, 1.165) is 12.0 Å². The zero-order valence-corrected chi connectivity index (χ0v) is 14.2. The van der Waals surface area contributed by atoms with Crippen LogP contribution in [0.2, 0.25) is 0 Å². The van der Waals surface area contributed by atoms with Crippen LogP contribution in [-0.4, -0.2) is 0 Å². The van der Waals surface area contributed by atoms with Gasteiger partial charge in [-0.05, 0) is 68.4 Å². The maximum Gasteiger partial charge on any atom is -0.00940 e. The van der Waals surface area contributed by atoms with Crippen LogP contribution in [0, 0.1) is 0 Å². The molecule has 0 atom stereocenters. The standard InChI is InChI=1S/C25H20/c1-3-6-19-7-5-8-24-17-23(13-14-25(19)24)22-12-11-20-15-18(4-2)9-10-21(20)16-22/h3-5,7-17H,1-2,6H2. The zero-order chi connectivity index (χ0) is 17.2. The van der Waals surface area contributed by atoms with Crippen LogP contribution in [0.1, 0.15) is 11.1 Å². The van der Waals surface area contributed by atoms with Gasteiger partial charge in [-0.1, -0.05) is 73.3 Å². The van der Waals surface area contributed by atoms with Crippen LogP contribution in [0.25, 0.3) is 38.7 Å². The van der Waals surface area contributed by atoms with Gasteiger partial charge in [0, 0.05) is 0 Å². The van der Waals surface area contributed by atoms with Gasteiger partial charge in [0.2, 0.25) is 0 Å². The Bertz CT molecular complexity index is 1100. The van der Waals surface area contributed by atoms with Crippen LogP contribution in [0.4, 0.5) is 0 Å². The first-order chi connectivity index (χ1) is 12.3. The molecule has 0 nitrogen and oxygen atoms in total. The van der Waals surface area contributed by atoms with Crippen LogP contribution >= 0.6 is 0 Å². The Morgan fingerprint density at radius 3 is 2.20 bits per heavy atom. The normalized spacial score (nSPS) is 10.9. The largest absolute Gasteiger partial charge is 0.103 e. The predicted octanol–water partition coefficient (Wildman–Crippen LogP) is 7.03. The summed E-state index contributed by atoms with van der Waals surface area (Å²) in [5.41, 5.74) is 4.98. The molecule has 0 aliphatic carbocycles. The summed E-state index contributed by atoms with van der Waals surface area (Å²) in [6.45, 7) is 7.71. The maximum atomic E-state index is 3.86. The lowest BCUT2D eigenvalue weighted by Gasteiger charge is -2.09. The van der Waals surface area contributed by atoms with Crippen molar-refractivity contribution in [3.8, 4) is 11.1 Å². The van der Waals surface area contributed by atoms with Crippen molar-refractivity contribution < 1.29 is 0 Å². The quantitative estimate of drug-likeness (QED) is 0.354. The molecule has 0 radical (unpaired) electrons. The van der Waals surface area contributed by atoms with E-state index < -0.39 is 0 Å². The molecule has 0 fully saturated rings. The average molecular weight is 320 g/mol. The molecule has 0 bridgehead atoms. The Hall–Kier alpha value is -3.12. The molecule has 0 saturated carbocycles. The number of rotatable bonds is 4. The lowest BCUT2D eigenvalue weighted by molar-refractivity contribution is 1.31. The topological polar surface area (TPSA) is 0 Å². The molecular weight excluding hydrogens is 300 g/mol. The van der Waals surface area contributed by atoms with Gasteiger partial charge >= 0.3 is 0 Å². The fourth-order valence-corrected chi connectivity index (χ4v) is 3.43. The van der Waals surface area contributed by atoms with Crippen molar-refractivity contribution in [1.82, 2.24) is 0 Å². The summed E-state index contributed by atoms with van der Waals surface area (Å²) >= 11 is 0. The van der Waals surface area contributed by atoms with E-state index in [0.29, 0.717) is 0 Å². The van der Waals surface area contributed by atoms with Crippen LogP contribution < -0.4 is 0 Å². The van der Waals surface area contributed by atoms with Gasteiger partial charge in [-0.2, -0.15) is 0 Å². The van der Waals surface area contributed by atoms with Gasteiger partial charge < -0.3 is 0 Å². The van der Waals surface area contributed by atoms with E-state index in [1.165, 1.54) is 38.2 Å². The molecule has 0 saturated heterocycles. The minimum absolute atomic E-state index is 0.901. The third-order valence-electron chi connectivity index (χ3n) is 4.77. The molecule has 4 rings (SSSR count). The zero-order valence-electron chi connectivity index (χ0n) is 14.2. The van der Waals surface area contributed by atoms with E-state index in [1.54, 1.807) is 0 Å². The third-order valence-corrected chi connectivity index (χ3v) is 4.77. The van der Waals surface area contributed by atoms with Gasteiger partial charge in [-0.25, -0.2) is 0 Å². The van der Waals surface area contributed by atoms with Crippen molar-refractivity contribution in [3.63, 3.8) is 0 Å². The second-order valence-electron chi connectivity index (χ2n) is 6.37. The van der Waals surface area contributed by atoms with Gasteiger partial charge in [0.05, 0.1) is 0 Å². The van der Waals surface area contributed by atoms with Gasteiger partial charge in [0.15, 0.2) is 0 Å². The molecular formula is C25H20. The van der Waals surface area contributed by atoms with Crippen LogP contribution in [0.3, 0.4) is 0 Å². The van der Waals surface area contributed by atoms with E-state index in [2.05, 4.69) is 86.0 Å². The third kappa shape index (κ3) is 2.88. The highest BCUT2D eigenvalue weighted by Crippen LogP contribution is 2.29.